The first-order valence-electron chi connectivity index (χ1n) is 10.3. The van der Waals surface area contributed by atoms with Crippen LogP contribution < -0.4 is 10.3 Å². The lowest BCUT2D eigenvalue weighted by Crippen LogP contribution is -2.22. The molecule has 0 radical (unpaired) electrons. The SMILES string of the molecule is CCc1nc2ccc(Br)cc2c(=O)n1N=Cc1ccc(OCc2ccc([N+](=O)[O-])cc2)c(Br)c1. The molecule has 0 saturated heterocycles. The van der Waals surface area contributed by atoms with Crippen LogP contribution in [0.1, 0.15) is 23.9 Å². The number of rotatable bonds is 7. The third-order valence-electron chi connectivity index (χ3n) is 5.01. The molecule has 0 aliphatic heterocycles. The van der Waals surface area contributed by atoms with Crippen LogP contribution in [0.2, 0.25) is 0 Å². The fourth-order valence-corrected chi connectivity index (χ4v) is 4.13. The van der Waals surface area contributed by atoms with Crippen molar-refractivity contribution in [2.45, 2.75) is 20.0 Å². The number of hydrogen-bond acceptors (Lipinski definition) is 6. The summed E-state index contributed by atoms with van der Waals surface area (Å²) >= 11 is 6.89. The zero-order chi connectivity index (χ0) is 24.2. The fraction of sp³-hybridized carbons (Fsp3) is 0.125. The second kappa shape index (κ2) is 10.3. The molecular weight excluding hydrogens is 568 g/mol. The number of halogens is 2. The van der Waals surface area contributed by atoms with E-state index in [0.717, 1.165) is 15.6 Å². The third-order valence-corrected chi connectivity index (χ3v) is 6.12. The first kappa shape index (κ1) is 23.8. The minimum absolute atomic E-state index is 0.0353. The van der Waals surface area contributed by atoms with E-state index in [1.807, 2.05) is 25.1 Å². The molecular formula is C24H18Br2N4O4. The summed E-state index contributed by atoms with van der Waals surface area (Å²) in [6.45, 7) is 2.18. The van der Waals surface area contributed by atoms with Crippen molar-refractivity contribution >= 4 is 54.7 Å². The molecule has 0 atom stereocenters. The lowest BCUT2D eigenvalue weighted by atomic mass is 10.2. The summed E-state index contributed by atoms with van der Waals surface area (Å²) in [5.74, 6) is 1.18. The number of nitro benzene ring substituents is 1. The minimum atomic E-state index is -0.439. The molecule has 0 aliphatic carbocycles. The van der Waals surface area contributed by atoms with Crippen molar-refractivity contribution in [1.82, 2.24) is 9.66 Å². The molecule has 4 aromatic rings. The van der Waals surface area contributed by atoms with Gasteiger partial charge in [-0.2, -0.15) is 9.78 Å². The fourth-order valence-electron chi connectivity index (χ4n) is 3.26. The van der Waals surface area contributed by atoms with Gasteiger partial charge in [0.2, 0.25) is 0 Å². The Morgan fingerprint density at radius 2 is 1.88 bits per heavy atom. The normalized spacial score (nSPS) is 11.3. The number of fused-ring (bicyclic) bond motifs is 1. The maximum absolute atomic E-state index is 13.0. The Morgan fingerprint density at radius 1 is 1.12 bits per heavy atom. The zero-order valence-corrected chi connectivity index (χ0v) is 21.1. The number of hydrogen-bond donors (Lipinski definition) is 0. The van der Waals surface area contributed by atoms with Crippen molar-refractivity contribution in [2.24, 2.45) is 5.10 Å². The molecule has 0 amide bonds. The van der Waals surface area contributed by atoms with Gasteiger partial charge in [-0.05, 0) is 75.6 Å². The van der Waals surface area contributed by atoms with Gasteiger partial charge in [0, 0.05) is 23.0 Å². The number of benzene rings is 3. The summed E-state index contributed by atoms with van der Waals surface area (Å²) in [7, 11) is 0. The van der Waals surface area contributed by atoms with Crippen LogP contribution >= 0.6 is 31.9 Å². The van der Waals surface area contributed by atoms with Gasteiger partial charge in [-0.25, -0.2) is 4.98 Å². The van der Waals surface area contributed by atoms with E-state index in [-0.39, 0.29) is 17.9 Å². The molecule has 172 valence electrons. The summed E-state index contributed by atoms with van der Waals surface area (Å²) in [4.78, 5) is 27.9. The van der Waals surface area contributed by atoms with Crippen LogP contribution in [0, 0.1) is 10.1 Å². The first-order chi connectivity index (χ1) is 16.4. The Bertz CT molecular complexity index is 1470. The van der Waals surface area contributed by atoms with Gasteiger partial charge in [0.1, 0.15) is 18.2 Å². The van der Waals surface area contributed by atoms with Crippen molar-refractivity contribution in [3.63, 3.8) is 0 Å². The van der Waals surface area contributed by atoms with Gasteiger partial charge in [0.05, 0.1) is 26.5 Å². The smallest absolute Gasteiger partial charge is 0.282 e. The van der Waals surface area contributed by atoms with Gasteiger partial charge < -0.3 is 4.74 Å². The van der Waals surface area contributed by atoms with Crippen LogP contribution in [-0.4, -0.2) is 20.8 Å². The Morgan fingerprint density at radius 3 is 2.56 bits per heavy atom. The van der Waals surface area contributed by atoms with Crippen LogP contribution in [0.5, 0.6) is 5.75 Å². The maximum atomic E-state index is 13.0. The van der Waals surface area contributed by atoms with E-state index in [2.05, 4.69) is 41.9 Å². The summed E-state index contributed by atoms with van der Waals surface area (Å²) in [6, 6.07) is 17.0. The molecule has 1 heterocycles. The first-order valence-corrected chi connectivity index (χ1v) is 11.9. The number of nitrogens with zero attached hydrogens (tertiary/aromatic N) is 4. The predicted molar refractivity (Wildman–Crippen MR) is 138 cm³/mol. The van der Waals surface area contributed by atoms with Gasteiger partial charge in [-0.3, -0.25) is 14.9 Å². The summed E-state index contributed by atoms with van der Waals surface area (Å²) in [6.07, 6.45) is 2.15. The molecule has 4 rings (SSSR count). The molecule has 0 spiro atoms. The number of ether oxygens (including phenoxy) is 1. The van der Waals surface area contributed by atoms with Gasteiger partial charge in [-0.1, -0.05) is 22.9 Å². The van der Waals surface area contributed by atoms with Gasteiger partial charge in [-0.15, -0.1) is 0 Å². The molecule has 0 unspecified atom stereocenters. The van der Waals surface area contributed by atoms with E-state index in [9.17, 15) is 14.9 Å². The van der Waals surface area contributed by atoms with E-state index in [1.54, 1.807) is 36.5 Å². The zero-order valence-electron chi connectivity index (χ0n) is 17.9. The van der Waals surface area contributed by atoms with Crippen LogP contribution in [0.15, 0.2) is 79.5 Å². The highest BCUT2D eigenvalue weighted by molar-refractivity contribution is 9.10. The van der Waals surface area contributed by atoms with E-state index < -0.39 is 4.92 Å². The standard InChI is InChI=1S/C24H18Br2N4O4/c1-2-23-28-21-9-6-17(25)12-19(21)24(31)29(23)27-13-16-5-10-22(20(26)11-16)34-14-15-3-7-18(8-4-15)30(32)33/h3-13H,2,14H2,1H3. The Kier molecular flexibility index (Phi) is 7.18. The van der Waals surface area contributed by atoms with Crippen LogP contribution in [0.25, 0.3) is 10.9 Å². The topological polar surface area (TPSA) is 99.6 Å². The van der Waals surface area contributed by atoms with Gasteiger partial charge >= 0.3 is 0 Å². The highest BCUT2D eigenvalue weighted by Crippen LogP contribution is 2.27. The van der Waals surface area contributed by atoms with Crippen LogP contribution in [0.4, 0.5) is 5.69 Å². The van der Waals surface area contributed by atoms with Crippen LogP contribution in [0.3, 0.4) is 0 Å². The van der Waals surface area contributed by atoms with Crippen LogP contribution in [-0.2, 0) is 13.0 Å². The third kappa shape index (κ3) is 5.23. The monoisotopic (exact) mass is 584 g/mol. The second-order valence-electron chi connectivity index (χ2n) is 7.31. The maximum Gasteiger partial charge on any atom is 0.282 e. The lowest BCUT2D eigenvalue weighted by Gasteiger charge is -2.09. The Labute approximate surface area is 211 Å². The molecule has 0 fully saturated rings. The molecule has 10 heteroatoms. The summed E-state index contributed by atoms with van der Waals surface area (Å²) in [5, 5.41) is 15.7. The highest BCUT2D eigenvalue weighted by atomic mass is 79.9. The quantitative estimate of drug-likeness (QED) is 0.154. The molecule has 0 aliphatic rings. The van der Waals surface area contributed by atoms with Crippen molar-refractivity contribution in [1.29, 1.82) is 0 Å². The average molecular weight is 586 g/mol. The van der Waals surface area contributed by atoms with Crippen molar-refractivity contribution in [3.8, 4) is 5.75 Å². The van der Waals surface area contributed by atoms with Gasteiger partial charge in [0.15, 0.2) is 0 Å². The second-order valence-corrected chi connectivity index (χ2v) is 9.08. The predicted octanol–water partition coefficient (Wildman–Crippen LogP) is 5.85. The molecule has 1 aromatic heterocycles. The molecule has 0 saturated carbocycles. The lowest BCUT2D eigenvalue weighted by molar-refractivity contribution is -0.384. The van der Waals surface area contributed by atoms with E-state index >= 15 is 0 Å². The molecule has 34 heavy (non-hydrogen) atoms. The number of aryl methyl sites for hydroxylation is 1. The molecule has 3 aromatic carbocycles. The number of non-ortho nitro benzene ring substituents is 1. The molecule has 8 nitrogen and oxygen atoms in total. The largest absolute Gasteiger partial charge is 0.488 e. The summed E-state index contributed by atoms with van der Waals surface area (Å²) < 4.78 is 8.65. The Balaban J connectivity index is 1.54. The van der Waals surface area contributed by atoms with E-state index in [4.69, 9.17) is 4.74 Å². The molecule has 0 N–H and O–H groups in total. The number of nitro groups is 1. The highest BCUT2D eigenvalue weighted by Gasteiger charge is 2.10. The van der Waals surface area contributed by atoms with E-state index in [1.165, 1.54) is 16.8 Å². The summed E-state index contributed by atoms with van der Waals surface area (Å²) in [5.41, 5.74) is 2.01. The van der Waals surface area contributed by atoms with Crippen molar-refractivity contribution in [3.05, 3.63) is 107 Å². The Hall–Kier alpha value is -3.37. The van der Waals surface area contributed by atoms with Gasteiger partial charge in [0.25, 0.3) is 11.2 Å². The molecule has 0 bridgehead atoms. The average Bonchev–Trinajstić information content (AvgIpc) is 2.83. The van der Waals surface area contributed by atoms with E-state index in [0.29, 0.717) is 33.4 Å². The van der Waals surface area contributed by atoms with Crippen molar-refractivity contribution < 1.29 is 9.66 Å². The minimum Gasteiger partial charge on any atom is -0.488 e. The number of aromatic nitrogens is 2. The van der Waals surface area contributed by atoms with Crippen molar-refractivity contribution in [2.75, 3.05) is 0 Å².